The molecule has 1 unspecified atom stereocenters. The second kappa shape index (κ2) is 5.89. The zero-order valence-electron chi connectivity index (χ0n) is 9.50. The van der Waals surface area contributed by atoms with Gasteiger partial charge in [0, 0.05) is 19.7 Å². The number of rotatable bonds is 6. The first-order chi connectivity index (χ1) is 5.93. The summed E-state index contributed by atoms with van der Waals surface area (Å²) in [5.74, 6) is 0.914. The van der Waals surface area contributed by atoms with E-state index in [0.717, 1.165) is 18.9 Å². The summed E-state index contributed by atoms with van der Waals surface area (Å²) in [6, 6.07) is 0.476. The van der Waals surface area contributed by atoms with Crippen LogP contribution >= 0.6 is 12.6 Å². The highest BCUT2D eigenvalue weighted by Gasteiger charge is 2.20. The summed E-state index contributed by atoms with van der Waals surface area (Å²) < 4.78 is 5.11. The zero-order valence-corrected chi connectivity index (χ0v) is 10.4. The second-order valence-corrected chi connectivity index (χ2v) is 4.86. The van der Waals surface area contributed by atoms with Crippen molar-refractivity contribution < 1.29 is 4.74 Å². The lowest BCUT2D eigenvalue weighted by atomic mass is 9.95. The van der Waals surface area contributed by atoms with Crippen LogP contribution in [0.4, 0.5) is 0 Å². The summed E-state index contributed by atoms with van der Waals surface area (Å²) in [5.41, 5.74) is 0.278. The normalized spacial score (nSPS) is 15.0. The molecule has 0 N–H and O–H groups in total. The number of nitrogens with zero attached hydrogens (tertiary/aromatic N) is 1. The highest BCUT2D eigenvalue weighted by Crippen LogP contribution is 2.18. The molecule has 0 aromatic rings. The quantitative estimate of drug-likeness (QED) is 0.665. The maximum atomic E-state index is 5.11. The third-order valence-electron chi connectivity index (χ3n) is 2.27. The van der Waals surface area contributed by atoms with Gasteiger partial charge in [0.2, 0.25) is 0 Å². The van der Waals surface area contributed by atoms with Gasteiger partial charge in [-0.25, -0.2) is 0 Å². The van der Waals surface area contributed by atoms with Crippen LogP contribution in [-0.2, 0) is 4.74 Å². The highest BCUT2D eigenvalue weighted by atomic mass is 32.1. The number of ether oxygens (including phenoxy) is 1. The van der Waals surface area contributed by atoms with E-state index in [-0.39, 0.29) is 5.41 Å². The third-order valence-corrected chi connectivity index (χ3v) is 3.12. The summed E-state index contributed by atoms with van der Waals surface area (Å²) in [4.78, 5) is 2.32. The molecule has 1 atom stereocenters. The van der Waals surface area contributed by atoms with E-state index in [1.54, 1.807) is 7.11 Å². The number of thiol groups is 1. The minimum atomic E-state index is 0.278. The van der Waals surface area contributed by atoms with E-state index in [1.807, 2.05) is 0 Å². The first-order valence-corrected chi connectivity index (χ1v) is 5.36. The SMILES string of the molecule is COCC(C)N(C)CC(C)(C)CS. The van der Waals surface area contributed by atoms with E-state index in [4.69, 9.17) is 4.74 Å². The lowest BCUT2D eigenvalue weighted by Gasteiger charge is -2.32. The average molecular weight is 205 g/mol. The van der Waals surface area contributed by atoms with Gasteiger partial charge in [0.05, 0.1) is 6.61 Å². The Morgan fingerprint density at radius 1 is 1.46 bits per heavy atom. The minimum Gasteiger partial charge on any atom is -0.383 e. The van der Waals surface area contributed by atoms with Gasteiger partial charge in [0.15, 0.2) is 0 Å². The van der Waals surface area contributed by atoms with Crippen molar-refractivity contribution in [2.45, 2.75) is 26.8 Å². The van der Waals surface area contributed by atoms with Crippen molar-refractivity contribution in [3.8, 4) is 0 Å². The van der Waals surface area contributed by atoms with Gasteiger partial charge in [-0.05, 0) is 25.1 Å². The van der Waals surface area contributed by atoms with Gasteiger partial charge in [-0.15, -0.1) is 0 Å². The summed E-state index contributed by atoms with van der Waals surface area (Å²) in [7, 11) is 3.88. The fourth-order valence-corrected chi connectivity index (χ4v) is 1.35. The lowest BCUT2D eigenvalue weighted by Crippen LogP contribution is -2.40. The van der Waals surface area contributed by atoms with Gasteiger partial charge in [-0.2, -0.15) is 12.6 Å². The Bertz CT molecular complexity index is 139. The molecule has 0 radical (unpaired) electrons. The predicted octanol–water partition coefficient (Wildman–Crippen LogP) is 1.91. The molecule has 0 saturated carbocycles. The van der Waals surface area contributed by atoms with Gasteiger partial charge < -0.3 is 9.64 Å². The van der Waals surface area contributed by atoms with Gasteiger partial charge >= 0.3 is 0 Å². The van der Waals surface area contributed by atoms with E-state index in [2.05, 4.69) is 45.3 Å². The lowest BCUT2D eigenvalue weighted by molar-refractivity contribution is 0.0956. The van der Waals surface area contributed by atoms with Crippen LogP contribution in [0.1, 0.15) is 20.8 Å². The van der Waals surface area contributed by atoms with Crippen LogP contribution in [0.2, 0.25) is 0 Å². The van der Waals surface area contributed by atoms with Gasteiger partial charge in [0.1, 0.15) is 0 Å². The molecule has 0 bridgehead atoms. The molecule has 0 aliphatic carbocycles. The topological polar surface area (TPSA) is 12.5 Å². The van der Waals surface area contributed by atoms with Crippen molar-refractivity contribution in [2.75, 3.05) is 33.1 Å². The Morgan fingerprint density at radius 3 is 2.38 bits per heavy atom. The Labute approximate surface area is 88.1 Å². The molecule has 0 aliphatic rings. The van der Waals surface area contributed by atoms with Crippen molar-refractivity contribution in [1.29, 1.82) is 0 Å². The van der Waals surface area contributed by atoms with Crippen LogP contribution in [0.5, 0.6) is 0 Å². The molecular formula is C10H23NOS. The molecule has 3 heteroatoms. The fourth-order valence-electron chi connectivity index (χ4n) is 1.25. The van der Waals surface area contributed by atoms with E-state index >= 15 is 0 Å². The summed E-state index contributed by atoms with van der Waals surface area (Å²) >= 11 is 4.34. The second-order valence-electron chi connectivity index (χ2n) is 4.54. The van der Waals surface area contributed by atoms with Gasteiger partial charge in [-0.1, -0.05) is 13.8 Å². The summed E-state index contributed by atoms with van der Waals surface area (Å²) in [5, 5.41) is 0. The molecule has 0 fully saturated rings. The van der Waals surface area contributed by atoms with Crippen LogP contribution in [0.25, 0.3) is 0 Å². The fraction of sp³-hybridized carbons (Fsp3) is 1.00. The van der Waals surface area contributed by atoms with Crippen LogP contribution < -0.4 is 0 Å². The van der Waals surface area contributed by atoms with E-state index < -0.39 is 0 Å². The van der Waals surface area contributed by atoms with Crippen molar-refractivity contribution in [2.24, 2.45) is 5.41 Å². The first kappa shape index (κ1) is 13.3. The maximum absolute atomic E-state index is 5.11. The van der Waals surface area contributed by atoms with Crippen molar-refractivity contribution in [3.63, 3.8) is 0 Å². The molecule has 80 valence electrons. The molecular weight excluding hydrogens is 182 g/mol. The molecule has 0 aromatic heterocycles. The van der Waals surface area contributed by atoms with Crippen molar-refractivity contribution >= 4 is 12.6 Å². The van der Waals surface area contributed by atoms with Crippen molar-refractivity contribution in [1.82, 2.24) is 4.90 Å². The molecule has 0 amide bonds. The van der Waals surface area contributed by atoms with E-state index in [1.165, 1.54) is 0 Å². The van der Waals surface area contributed by atoms with Crippen LogP contribution in [-0.4, -0.2) is 44.0 Å². The number of likely N-dealkylation sites (N-methyl/N-ethyl adjacent to an activating group) is 1. The molecule has 0 aromatic carbocycles. The van der Waals surface area contributed by atoms with Crippen LogP contribution in [0, 0.1) is 5.41 Å². The smallest absolute Gasteiger partial charge is 0.0615 e. The number of methoxy groups -OCH3 is 1. The Morgan fingerprint density at radius 2 is 2.00 bits per heavy atom. The highest BCUT2D eigenvalue weighted by molar-refractivity contribution is 7.80. The van der Waals surface area contributed by atoms with Crippen LogP contribution in [0.15, 0.2) is 0 Å². The summed E-state index contributed by atoms with van der Waals surface area (Å²) in [6.07, 6.45) is 0. The molecule has 2 nitrogen and oxygen atoms in total. The third kappa shape index (κ3) is 5.55. The summed E-state index contributed by atoms with van der Waals surface area (Å²) in [6.45, 7) is 8.49. The molecule has 0 saturated heterocycles. The van der Waals surface area contributed by atoms with Gasteiger partial charge in [0.25, 0.3) is 0 Å². The molecule has 0 spiro atoms. The number of hydrogen-bond donors (Lipinski definition) is 1. The standard InChI is InChI=1S/C10H23NOS/c1-9(6-12-5)11(4)7-10(2,3)8-13/h9,13H,6-8H2,1-5H3. The molecule has 0 rings (SSSR count). The predicted molar refractivity (Wildman–Crippen MR) is 61.6 cm³/mol. The zero-order chi connectivity index (χ0) is 10.5. The first-order valence-electron chi connectivity index (χ1n) is 4.73. The number of hydrogen-bond acceptors (Lipinski definition) is 3. The Hall–Kier alpha value is 0.270. The average Bonchev–Trinajstić information content (AvgIpc) is 2.04. The van der Waals surface area contributed by atoms with E-state index in [0.29, 0.717) is 6.04 Å². The van der Waals surface area contributed by atoms with E-state index in [9.17, 15) is 0 Å². The maximum Gasteiger partial charge on any atom is 0.0615 e. The Kier molecular flexibility index (Phi) is 6.01. The minimum absolute atomic E-state index is 0.278. The largest absolute Gasteiger partial charge is 0.383 e. The Balaban J connectivity index is 3.91. The van der Waals surface area contributed by atoms with Crippen molar-refractivity contribution in [3.05, 3.63) is 0 Å². The molecule has 0 heterocycles. The monoisotopic (exact) mass is 205 g/mol. The van der Waals surface area contributed by atoms with Crippen LogP contribution in [0.3, 0.4) is 0 Å². The molecule has 13 heavy (non-hydrogen) atoms. The van der Waals surface area contributed by atoms with Gasteiger partial charge in [-0.3, -0.25) is 0 Å². The molecule has 0 aliphatic heterocycles.